The fourth-order valence-electron chi connectivity index (χ4n) is 4.03. The van der Waals surface area contributed by atoms with E-state index in [2.05, 4.69) is 22.6 Å². The van der Waals surface area contributed by atoms with E-state index in [1.54, 1.807) is 46.1 Å². The van der Waals surface area contributed by atoms with E-state index in [1.807, 2.05) is 42.5 Å². The molecule has 0 fully saturated rings. The summed E-state index contributed by atoms with van der Waals surface area (Å²) in [5.41, 5.74) is 3.22. The zero-order chi connectivity index (χ0) is 25.0. The van der Waals surface area contributed by atoms with Crippen LogP contribution in [-0.4, -0.2) is 37.0 Å². The lowest BCUT2D eigenvalue weighted by Crippen LogP contribution is -2.46. The van der Waals surface area contributed by atoms with Crippen LogP contribution in [0.3, 0.4) is 0 Å². The first-order valence-electron chi connectivity index (χ1n) is 10.7. The molecular weight excluding hydrogens is 565 g/mol. The number of aryl methyl sites for hydroxylation is 1. The van der Waals surface area contributed by atoms with Crippen LogP contribution in [0.25, 0.3) is 0 Å². The minimum absolute atomic E-state index is 0.0486. The number of halogens is 1. The fourth-order valence-corrected chi connectivity index (χ4v) is 6.45. The minimum Gasteiger partial charge on any atom is -0.496 e. The van der Waals surface area contributed by atoms with Crippen LogP contribution in [0.2, 0.25) is 0 Å². The van der Waals surface area contributed by atoms with E-state index < -0.39 is 22.0 Å². The smallest absolute Gasteiger partial charge is 0.322 e. The number of methoxy groups -OCH3 is 1. The molecule has 1 atom stereocenters. The molecule has 0 saturated heterocycles. The molecule has 0 saturated carbocycles. The molecule has 0 heterocycles. The fraction of sp³-hybridized carbons (Fsp3) is 0.269. The zero-order valence-electron chi connectivity index (χ0n) is 19.6. The number of benzene rings is 3. The molecule has 1 N–H and O–H groups in total. The number of nitrogens with zero attached hydrogens (tertiary/aromatic N) is 1. The second kappa shape index (κ2) is 10.9. The van der Waals surface area contributed by atoms with Gasteiger partial charge in [0.1, 0.15) is 11.8 Å². The second-order valence-corrected chi connectivity index (χ2v) is 11.3. The first-order valence-corrected chi connectivity index (χ1v) is 13.3. The average Bonchev–Trinajstić information content (AvgIpc) is 2.80. The van der Waals surface area contributed by atoms with Gasteiger partial charge in [0, 0.05) is 10.1 Å². The maximum Gasteiger partial charge on any atom is 0.322 e. The molecule has 0 bridgehead atoms. The molecule has 3 aromatic rings. The normalized spacial score (nSPS) is 12.5. The van der Waals surface area contributed by atoms with Crippen LogP contribution in [-0.2, 0) is 27.8 Å². The molecule has 8 heteroatoms. The number of hydrogen-bond acceptors (Lipinski definition) is 4. The Morgan fingerprint density at radius 2 is 1.62 bits per heavy atom. The molecule has 0 amide bonds. The lowest BCUT2D eigenvalue weighted by atomic mass is 10.1. The Morgan fingerprint density at radius 3 is 2.18 bits per heavy atom. The van der Waals surface area contributed by atoms with Gasteiger partial charge in [-0.05, 0) is 95.8 Å². The Morgan fingerprint density at radius 1 is 1.00 bits per heavy atom. The Labute approximate surface area is 214 Å². The zero-order valence-corrected chi connectivity index (χ0v) is 22.6. The quantitative estimate of drug-likeness (QED) is 0.349. The summed E-state index contributed by atoms with van der Waals surface area (Å²) < 4.78 is 35.8. The van der Waals surface area contributed by atoms with E-state index in [0.29, 0.717) is 28.0 Å². The Bertz CT molecular complexity index is 1270. The summed E-state index contributed by atoms with van der Waals surface area (Å²) in [6.45, 7) is 5.17. The topological polar surface area (TPSA) is 83.9 Å². The molecular formula is C26H28INO5S. The molecule has 180 valence electrons. The van der Waals surface area contributed by atoms with E-state index in [0.717, 1.165) is 13.4 Å². The molecule has 0 radical (unpaired) electrons. The van der Waals surface area contributed by atoms with Gasteiger partial charge in [0.2, 0.25) is 10.0 Å². The van der Waals surface area contributed by atoms with Crippen molar-refractivity contribution >= 4 is 38.6 Å². The molecule has 0 aromatic heterocycles. The summed E-state index contributed by atoms with van der Waals surface area (Å²) in [5, 5.41) is 10.2. The number of hydrogen-bond donors (Lipinski definition) is 1. The van der Waals surface area contributed by atoms with E-state index in [4.69, 9.17) is 4.74 Å². The Balaban J connectivity index is 2.18. The first-order chi connectivity index (χ1) is 16.1. The van der Waals surface area contributed by atoms with Crippen molar-refractivity contribution in [1.82, 2.24) is 4.31 Å². The highest BCUT2D eigenvalue weighted by molar-refractivity contribution is 14.1. The predicted molar refractivity (Wildman–Crippen MR) is 141 cm³/mol. The van der Waals surface area contributed by atoms with Crippen molar-refractivity contribution < 1.29 is 23.1 Å². The van der Waals surface area contributed by atoms with Crippen molar-refractivity contribution in [3.05, 3.63) is 92.1 Å². The van der Waals surface area contributed by atoms with Gasteiger partial charge in [0.25, 0.3) is 0 Å². The van der Waals surface area contributed by atoms with Crippen LogP contribution in [0, 0.1) is 24.3 Å². The summed E-state index contributed by atoms with van der Waals surface area (Å²) in [6.07, 6.45) is 0.0486. The molecule has 0 aliphatic carbocycles. The molecule has 6 nitrogen and oxygen atoms in total. The maximum atomic E-state index is 14.2. The molecule has 0 aliphatic rings. The highest BCUT2D eigenvalue weighted by Crippen LogP contribution is 2.34. The van der Waals surface area contributed by atoms with Crippen LogP contribution >= 0.6 is 22.6 Å². The van der Waals surface area contributed by atoms with Gasteiger partial charge in [-0.3, -0.25) is 4.79 Å². The Kier molecular flexibility index (Phi) is 8.38. The largest absolute Gasteiger partial charge is 0.496 e. The summed E-state index contributed by atoms with van der Waals surface area (Å²) in [7, 11) is -2.65. The number of rotatable bonds is 9. The van der Waals surface area contributed by atoms with Crippen LogP contribution in [0.1, 0.15) is 27.8 Å². The van der Waals surface area contributed by atoms with Gasteiger partial charge < -0.3 is 9.84 Å². The summed E-state index contributed by atoms with van der Waals surface area (Å²) in [5.74, 6) is -0.601. The maximum absolute atomic E-state index is 14.2. The Hall–Kier alpha value is -2.43. The SMILES string of the molecule is COc1cc(C)c(S(=O)(=O)N(Cc2ccc(I)cc2)[C@@H](Cc2ccccc2)C(=O)O)c(C)c1C. The van der Waals surface area contributed by atoms with Gasteiger partial charge in [-0.25, -0.2) is 8.42 Å². The molecule has 3 rings (SSSR count). The molecule has 0 aliphatic heterocycles. The predicted octanol–water partition coefficient (Wildman–Crippen LogP) is 5.11. The number of sulfonamides is 1. The number of carboxylic acid groups (broad SMARTS) is 1. The lowest BCUT2D eigenvalue weighted by Gasteiger charge is -2.30. The van der Waals surface area contributed by atoms with Gasteiger partial charge in [-0.2, -0.15) is 4.31 Å². The van der Waals surface area contributed by atoms with Crippen LogP contribution in [0.5, 0.6) is 5.75 Å². The van der Waals surface area contributed by atoms with Crippen molar-refractivity contribution in [2.45, 2.75) is 44.7 Å². The molecule has 34 heavy (non-hydrogen) atoms. The first kappa shape index (κ1) is 26.2. The third kappa shape index (κ3) is 5.61. The van der Waals surface area contributed by atoms with Crippen molar-refractivity contribution in [3.63, 3.8) is 0 Å². The van der Waals surface area contributed by atoms with Crippen molar-refractivity contribution in [2.24, 2.45) is 0 Å². The minimum atomic E-state index is -4.19. The highest BCUT2D eigenvalue weighted by atomic mass is 127. The second-order valence-electron chi connectivity index (χ2n) is 8.20. The average molecular weight is 593 g/mol. The number of carbonyl (C=O) groups is 1. The summed E-state index contributed by atoms with van der Waals surface area (Å²) in [4.78, 5) is 12.6. The number of aliphatic carboxylic acids is 1. The van der Waals surface area contributed by atoms with E-state index >= 15 is 0 Å². The number of ether oxygens (including phenoxy) is 1. The van der Waals surface area contributed by atoms with E-state index in [1.165, 1.54) is 0 Å². The highest BCUT2D eigenvalue weighted by Gasteiger charge is 2.38. The lowest BCUT2D eigenvalue weighted by molar-refractivity contribution is -0.141. The monoisotopic (exact) mass is 593 g/mol. The third-order valence-electron chi connectivity index (χ3n) is 5.92. The van der Waals surface area contributed by atoms with Crippen molar-refractivity contribution in [3.8, 4) is 5.75 Å². The molecule has 0 unspecified atom stereocenters. The van der Waals surface area contributed by atoms with Crippen molar-refractivity contribution in [1.29, 1.82) is 0 Å². The van der Waals surface area contributed by atoms with Gasteiger partial charge in [-0.1, -0.05) is 42.5 Å². The van der Waals surface area contributed by atoms with Gasteiger partial charge in [0.15, 0.2) is 0 Å². The van der Waals surface area contributed by atoms with Crippen LogP contribution in [0.15, 0.2) is 65.6 Å². The molecule has 3 aromatic carbocycles. The number of carboxylic acids is 1. The van der Waals surface area contributed by atoms with E-state index in [9.17, 15) is 18.3 Å². The van der Waals surface area contributed by atoms with Gasteiger partial charge in [0.05, 0.1) is 12.0 Å². The molecule has 0 spiro atoms. The summed E-state index contributed by atoms with van der Waals surface area (Å²) in [6, 6.07) is 16.9. The summed E-state index contributed by atoms with van der Waals surface area (Å²) >= 11 is 2.18. The van der Waals surface area contributed by atoms with Crippen molar-refractivity contribution in [2.75, 3.05) is 7.11 Å². The van der Waals surface area contributed by atoms with Gasteiger partial charge >= 0.3 is 5.97 Å². The van der Waals surface area contributed by atoms with E-state index in [-0.39, 0.29) is 17.9 Å². The van der Waals surface area contributed by atoms with Crippen LogP contribution in [0.4, 0.5) is 0 Å². The third-order valence-corrected chi connectivity index (χ3v) is 8.79. The standard InChI is InChI=1S/C26H28INO5S/c1-17-14-24(33-4)18(2)19(3)25(17)34(31,32)28(16-21-10-12-22(27)13-11-21)23(26(29)30)15-20-8-6-5-7-9-20/h5-14,23H,15-16H2,1-4H3,(H,29,30)/t23-/m0/s1. The van der Waals surface area contributed by atoms with Crippen LogP contribution < -0.4 is 4.74 Å². The van der Waals surface area contributed by atoms with Gasteiger partial charge in [-0.15, -0.1) is 0 Å².